The maximum atomic E-state index is 12.6. The van der Waals surface area contributed by atoms with E-state index >= 15 is 0 Å². The van der Waals surface area contributed by atoms with Gasteiger partial charge in [0.15, 0.2) is 5.78 Å². The number of hydrogen-bond acceptors (Lipinski definition) is 2. The summed E-state index contributed by atoms with van der Waals surface area (Å²) < 4.78 is 1.69. The van der Waals surface area contributed by atoms with Gasteiger partial charge in [-0.25, -0.2) is 0 Å². The molecule has 0 saturated carbocycles. The largest absolute Gasteiger partial charge is 0.292 e. The van der Waals surface area contributed by atoms with Gasteiger partial charge in [0, 0.05) is 13.6 Å². The summed E-state index contributed by atoms with van der Waals surface area (Å²) in [5.74, 6) is -0.946. The lowest BCUT2D eigenvalue weighted by Gasteiger charge is -2.12. The third-order valence-electron chi connectivity index (χ3n) is 3.08. The van der Waals surface area contributed by atoms with Crippen molar-refractivity contribution >= 4 is 44.3 Å². The van der Waals surface area contributed by atoms with E-state index in [-0.39, 0.29) is 5.78 Å². The van der Waals surface area contributed by atoms with Crippen LogP contribution in [0.5, 0.6) is 0 Å². The second-order valence-corrected chi connectivity index (χ2v) is 6.51. The van der Waals surface area contributed by atoms with Crippen LogP contribution in [0.15, 0.2) is 46.9 Å². The normalized spacial score (nSPS) is 11.7. The summed E-state index contributed by atoms with van der Waals surface area (Å²) in [7, 11) is 0. The molecule has 20 heavy (non-hydrogen) atoms. The fraction of sp³-hybridized carbons (Fsp3) is 0.125. The van der Waals surface area contributed by atoms with Gasteiger partial charge in [0.1, 0.15) is 5.92 Å². The quantitative estimate of drug-likeness (QED) is 0.506. The zero-order chi connectivity index (χ0) is 14.7. The molecule has 0 aliphatic carbocycles. The number of ketones is 1. The van der Waals surface area contributed by atoms with Gasteiger partial charge in [-0.15, -0.1) is 0 Å². The van der Waals surface area contributed by atoms with E-state index in [0.717, 1.165) is 19.2 Å². The first kappa shape index (κ1) is 15.2. The number of aryl methyl sites for hydroxylation is 1. The lowest BCUT2D eigenvalue weighted by Crippen LogP contribution is -2.13. The van der Waals surface area contributed by atoms with Crippen molar-refractivity contribution in [1.29, 1.82) is 5.26 Å². The Morgan fingerprint density at radius 2 is 2.00 bits per heavy atom. The Labute approximate surface area is 140 Å². The molecule has 0 heterocycles. The number of hydrogen-bond donors (Lipinski definition) is 0. The van der Waals surface area contributed by atoms with Crippen molar-refractivity contribution in [2.45, 2.75) is 12.8 Å². The average Bonchev–Trinajstić information content (AvgIpc) is 2.44. The van der Waals surface area contributed by atoms with Crippen LogP contribution in [0.25, 0.3) is 0 Å². The van der Waals surface area contributed by atoms with Gasteiger partial charge >= 0.3 is 0 Å². The van der Waals surface area contributed by atoms with Crippen LogP contribution in [0.3, 0.4) is 0 Å². The van der Waals surface area contributed by atoms with Crippen molar-refractivity contribution in [2.75, 3.05) is 0 Å². The molecule has 2 aromatic rings. The number of carbonyl (C=O) groups excluding carboxylic acids is 1. The highest BCUT2D eigenvalue weighted by molar-refractivity contribution is 14.1. The Bertz CT molecular complexity index is 706. The molecule has 0 radical (unpaired) electrons. The second kappa shape index (κ2) is 6.51. The van der Waals surface area contributed by atoms with Crippen LogP contribution in [0.2, 0.25) is 0 Å². The topological polar surface area (TPSA) is 40.9 Å². The van der Waals surface area contributed by atoms with Crippen molar-refractivity contribution in [2.24, 2.45) is 0 Å². The van der Waals surface area contributed by atoms with Crippen molar-refractivity contribution in [3.05, 3.63) is 67.2 Å². The van der Waals surface area contributed by atoms with Crippen molar-refractivity contribution < 1.29 is 4.79 Å². The Morgan fingerprint density at radius 1 is 1.30 bits per heavy atom. The second-order valence-electron chi connectivity index (χ2n) is 4.41. The molecular weight excluding hydrogens is 429 g/mol. The van der Waals surface area contributed by atoms with Crippen LogP contribution in [0.1, 0.15) is 27.4 Å². The highest BCUT2D eigenvalue weighted by Gasteiger charge is 2.24. The van der Waals surface area contributed by atoms with Crippen LogP contribution in [0.4, 0.5) is 0 Å². The first-order valence-corrected chi connectivity index (χ1v) is 7.86. The molecule has 0 N–H and O–H groups in total. The summed E-state index contributed by atoms with van der Waals surface area (Å²) in [6.45, 7) is 1.91. The van der Waals surface area contributed by atoms with E-state index < -0.39 is 5.92 Å². The molecule has 2 rings (SSSR count). The molecule has 2 aromatic carbocycles. The molecule has 0 aromatic heterocycles. The van der Waals surface area contributed by atoms with Crippen LogP contribution in [0, 0.1) is 21.8 Å². The Hall–Kier alpha value is -1.19. The Kier molecular flexibility index (Phi) is 4.95. The monoisotopic (exact) mass is 439 g/mol. The van der Waals surface area contributed by atoms with Gasteiger partial charge in [0.2, 0.25) is 0 Å². The van der Waals surface area contributed by atoms with Gasteiger partial charge in [-0.05, 0) is 58.8 Å². The summed E-state index contributed by atoms with van der Waals surface area (Å²) in [6.07, 6.45) is 0. The first-order valence-electron chi connectivity index (χ1n) is 5.99. The Balaban J connectivity index is 2.48. The molecule has 0 spiro atoms. The summed E-state index contributed by atoms with van der Waals surface area (Å²) in [5.41, 5.74) is 2.27. The van der Waals surface area contributed by atoms with Gasteiger partial charge < -0.3 is 0 Å². The van der Waals surface area contributed by atoms with E-state index in [1.54, 1.807) is 6.07 Å². The van der Waals surface area contributed by atoms with Crippen LogP contribution < -0.4 is 0 Å². The van der Waals surface area contributed by atoms with Crippen molar-refractivity contribution in [3.63, 3.8) is 0 Å². The first-order chi connectivity index (χ1) is 9.54. The number of Topliss-reactive ketones (excluding diaryl/α,β-unsaturated/α-hetero) is 1. The van der Waals surface area contributed by atoms with Gasteiger partial charge in [-0.3, -0.25) is 4.79 Å². The number of nitriles is 1. The number of benzene rings is 2. The molecule has 4 heteroatoms. The van der Waals surface area contributed by atoms with E-state index in [1.165, 1.54) is 0 Å². The van der Waals surface area contributed by atoms with Crippen LogP contribution in [-0.4, -0.2) is 5.78 Å². The molecule has 1 unspecified atom stereocenters. The van der Waals surface area contributed by atoms with Crippen LogP contribution >= 0.6 is 38.5 Å². The maximum Gasteiger partial charge on any atom is 0.185 e. The molecule has 0 aliphatic heterocycles. The molecule has 0 fully saturated rings. The molecule has 1 atom stereocenters. The third-order valence-corrected chi connectivity index (χ3v) is 4.45. The fourth-order valence-corrected chi connectivity index (χ4v) is 2.96. The zero-order valence-electron chi connectivity index (χ0n) is 10.7. The molecule has 0 bridgehead atoms. The number of halogens is 2. The number of nitrogens with zero attached hydrogens (tertiary/aromatic N) is 1. The standard InChI is InChI=1S/C16H11BrINO/c1-10-4-2-3-5-12(10)14(9-19)16(20)13-8-11(18)6-7-15(13)17/h2-8,14H,1H3. The summed E-state index contributed by atoms with van der Waals surface area (Å²) in [5, 5.41) is 9.41. The van der Waals surface area contributed by atoms with Gasteiger partial charge in [0.05, 0.1) is 6.07 Å². The smallest absolute Gasteiger partial charge is 0.185 e. The molecular formula is C16H11BrINO. The highest BCUT2D eigenvalue weighted by atomic mass is 127. The highest BCUT2D eigenvalue weighted by Crippen LogP contribution is 2.28. The fourth-order valence-electron chi connectivity index (χ4n) is 2.02. The number of carbonyl (C=O) groups is 1. The minimum absolute atomic E-state index is 0.174. The minimum Gasteiger partial charge on any atom is -0.292 e. The van der Waals surface area contributed by atoms with E-state index in [9.17, 15) is 10.1 Å². The van der Waals surface area contributed by atoms with E-state index in [1.807, 2.05) is 43.3 Å². The van der Waals surface area contributed by atoms with Gasteiger partial charge in [-0.2, -0.15) is 5.26 Å². The average molecular weight is 440 g/mol. The number of rotatable bonds is 3. The molecule has 100 valence electrons. The molecule has 2 nitrogen and oxygen atoms in total. The third kappa shape index (κ3) is 3.10. The van der Waals surface area contributed by atoms with E-state index in [4.69, 9.17) is 0 Å². The predicted molar refractivity (Wildman–Crippen MR) is 90.7 cm³/mol. The lowest BCUT2D eigenvalue weighted by molar-refractivity contribution is 0.0978. The van der Waals surface area contributed by atoms with E-state index in [2.05, 4.69) is 44.6 Å². The summed E-state index contributed by atoms with van der Waals surface area (Å²) >= 11 is 5.54. The van der Waals surface area contributed by atoms with Gasteiger partial charge in [-0.1, -0.05) is 40.2 Å². The zero-order valence-corrected chi connectivity index (χ0v) is 14.5. The van der Waals surface area contributed by atoms with Crippen molar-refractivity contribution in [3.8, 4) is 6.07 Å². The summed E-state index contributed by atoms with van der Waals surface area (Å²) in [4.78, 5) is 12.6. The minimum atomic E-state index is -0.773. The molecule has 0 amide bonds. The lowest BCUT2D eigenvalue weighted by atomic mass is 9.89. The summed E-state index contributed by atoms with van der Waals surface area (Å²) in [6, 6.07) is 15.2. The van der Waals surface area contributed by atoms with Gasteiger partial charge in [0.25, 0.3) is 0 Å². The molecule has 0 aliphatic rings. The van der Waals surface area contributed by atoms with E-state index in [0.29, 0.717) is 5.56 Å². The van der Waals surface area contributed by atoms with Crippen molar-refractivity contribution in [1.82, 2.24) is 0 Å². The molecule has 0 saturated heterocycles. The SMILES string of the molecule is Cc1ccccc1C(C#N)C(=O)c1cc(I)ccc1Br. The Morgan fingerprint density at radius 3 is 2.65 bits per heavy atom. The predicted octanol–water partition coefficient (Wildman–Crippen LogP) is 4.85. The maximum absolute atomic E-state index is 12.6. The van der Waals surface area contributed by atoms with Crippen LogP contribution in [-0.2, 0) is 0 Å².